The quantitative estimate of drug-likeness (QED) is 0.622. The van der Waals surface area contributed by atoms with Gasteiger partial charge in [-0.25, -0.2) is 4.85 Å². The predicted molar refractivity (Wildman–Crippen MR) is 87.1 cm³/mol. The normalized spacial score (nSPS) is 11.5. The molecule has 1 N–H and O–H groups in total. The lowest BCUT2D eigenvalue weighted by atomic mass is 10.2. The molecule has 0 radical (unpaired) electrons. The van der Waals surface area contributed by atoms with E-state index in [1.165, 1.54) is 34.9 Å². The molecule has 0 saturated carbocycles. The van der Waals surface area contributed by atoms with E-state index in [4.69, 9.17) is 18.2 Å². The first-order valence-corrected chi connectivity index (χ1v) is 7.38. The summed E-state index contributed by atoms with van der Waals surface area (Å²) < 4.78 is 41.8. The van der Waals surface area contributed by atoms with E-state index in [9.17, 15) is 18.3 Å². The van der Waals surface area contributed by atoms with E-state index in [2.05, 4.69) is 9.58 Å². The zero-order valence-corrected chi connectivity index (χ0v) is 13.3. The summed E-state index contributed by atoms with van der Waals surface area (Å²) in [5.41, 5.74) is 1.01. The van der Waals surface area contributed by atoms with Crippen LogP contribution in [-0.2, 0) is 6.54 Å². The highest BCUT2D eigenvalue weighted by molar-refractivity contribution is 6.36. The molecule has 4 nitrogen and oxygen atoms in total. The average Bonchev–Trinajstić information content (AvgIpc) is 2.84. The van der Waals surface area contributed by atoms with Gasteiger partial charge < -0.3 is 14.4 Å². The van der Waals surface area contributed by atoms with Crippen LogP contribution >= 0.6 is 11.6 Å². The smallest absolute Gasteiger partial charge is 0.494 e. The largest absolute Gasteiger partial charge is 0.573 e. The summed E-state index contributed by atoms with van der Waals surface area (Å²) in [5, 5.41) is 11.6. The van der Waals surface area contributed by atoms with Gasteiger partial charge in [-0.3, -0.25) is 0 Å². The molecule has 0 spiro atoms. The summed E-state index contributed by atoms with van der Waals surface area (Å²) in [5.74, 6) is -0.393. The van der Waals surface area contributed by atoms with Crippen molar-refractivity contribution in [3.63, 3.8) is 0 Å². The number of aromatic hydroxyl groups is 1. The van der Waals surface area contributed by atoms with Crippen molar-refractivity contribution < 1.29 is 23.0 Å². The standard InChI is InChI=1S/C17H10ClF3N2O2/c1-22-12-6-11-9-23(16(24)15(11)14(18)7-12)8-10-2-4-13(5-3-10)25-17(19,20)21/h2-7,9,24H,8H2. The van der Waals surface area contributed by atoms with Crippen LogP contribution in [0.1, 0.15) is 5.56 Å². The van der Waals surface area contributed by atoms with Gasteiger partial charge in [0.2, 0.25) is 5.88 Å². The Morgan fingerprint density at radius 2 is 1.88 bits per heavy atom. The molecule has 2 aromatic carbocycles. The van der Waals surface area contributed by atoms with E-state index in [1.807, 2.05) is 0 Å². The number of benzene rings is 2. The van der Waals surface area contributed by atoms with Gasteiger partial charge in [-0.15, -0.1) is 13.2 Å². The second kappa shape index (κ2) is 6.22. The van der Waals surface area contributed by atoms with Crippen molar-refractivity contribution in [3.8, 4) is 11.6 Å². The Morgan fingerprint density at radius 1 is 1.20 bits per heavy atom. The Bertz CT molecular complexity index is 973. The molecule has 8 heteroatoms. The molecule has 3 rings (SSSR count). The molecule has 128 valence electrons. The molecule has 25 heavy (non-hydrogen) atoms. The van der Waals surface area contributed by atoms with Crippen molar-refractivity contribution in [2.45, 2.75) is 12.9 Å². The van der Waals surface area contributed by atoms with Crippen molar-refractivity contribution in [1.29, 1.82) is 0 Å². The van der Waals surface area contributed by atoms with Gasteiger partial charge in [-0.05, 0) is 35.2 Å². The van der Waals surface area contributed by atoms with Gasteiger partial charge in [0, 0.05) is 11.2 Å². The van der Waals surface area contributed by atoms with Crippen LogP contribution in [0.15, 0.2) is 42.6 Å². The molecular formula is C17H10ClF3N2O2. The minimum absolute atomic E-state index is 0.0767. The zero-order chi connectivity index (χ0) is 18.2. The van der Waals surface area contributed by atoms with E-state index in [0.29, 0.717) is 22.0 Å². The molecule has 0 aliphatic carbocycles. The summed E-state index contributed by atoms with van der Waals surface area (Å²) in [6.45, 7) is 7.26. The number of ether oxygens (including phenoxy) is 1. The van der Waals surface area contributed by atoms with Gasteiger partial charge in [-0.2, -0.15) is 0 Å². The van der Waals surface area contributed by atoms with Gasteiger partial charge in [-0.1, -0.05) is 23.7 Å². The van der Waals surface area contributed by atoms with Crippen LogP contribution < -0.4 is 4.74 Å². The molecule has 3 aromatic rings. The molecule has 0 bridgehead atoms. The van der Waals surface area contributed by atoms with E-state index in [1.54, 1.807) is 12.3 Å². The summed E-state index contributed by atoms with van der Waals surface area (Å²) in [6.07, 6.45) is -3.11. The number of hydrogen-bond acceptors (Lipinski definition) is 2. The molecule has 0 saturated heterocycles. The molecule has 1 aromatic heterocycles. The molecular weight excluding hydrogens is 357 g/mol. The molecule has 0 amide bonds. The first kappa shape index (κ1) is 17.0. The van der Waals surface area contributed by atoms with Crippen LogP contribution in [-0.4, -0.2) is 16.0 Å². The van der Waals surface area contributed by atoms with Crippen molar-refractivity contribution in [2.75, 3.05) is 0 Å². The fourth-order valence-electron chi connectivity index (χ4n) is 2.50. The van der Waals surface area contributed by atoms with Gasteiger partial charge in [0.25, 0.3) is 0 Å². The number of halogens is 4. The topological polar surface area (TPSA) is 38.8 Å². The molecule has 0 fully saturated rings. The van der Waals surface area contributed by atoms with Crippen molar-refractivity contribution in [1.82, 2.24) is 4.57 Å². The van der Waals surface area contributed by atoms with Crippen molar-refractivity contribution in [3.05, 3.63) is 64.6 Å². The molecule has 1 heterocycles. The van der Waals surface area contributed by atoms with E-state index >= 15 is 0 Å². The highest BCUT2D eigenvalue weighted by atomic mass is 35.5. The number of aromatic nitrogens is 1. The maximum absolute atomic E-state index is 12.2. The molecule has 0 aliphatic rings. The van der Waals surface area contributed by atoms with Crippen LogP contribution in [0.5, 0.6) is 11.6 Å². The number of rotatable bonds is 3. The van der Waals surface area contributed by atoms with Gasteiger partial charge >= 0.3 is 6.36 Å². The lowest BCUT2D eigenvalue weighted by molar-refractivity contribution is -0.274. The molecule has 0 unspecified atom stereocenters. The monoisotopic (exact) mass is 366 g/mol. The minimum Gasteiger partial charge on any atom is -0.494 e. The van der Waals surface area contributed by atoms with Crippen LogP contribution in [0.2, 0.25) is 5.02 Å². The Labute approximate surface area is 145 Å². The third-order valence-corrected chi connectivity index (χ3v) is 3.83. The van der Waals surface area contributed by atoms with Gasteiger partial charge in [0.15, 0.2) is 5.69 Å². The average molecular weight is 367 g/mol. The van der Waals surface area contributed by atoms with E-state index < -0.39 is 6.36 Å². The maximum Gasteiger partial charge on any atom is 0.573 e. The Kier molecular flexibility index (Phi) is 4.23. The van der Waals surface area contributed by atoms with Crippen molar-refractivity contribution in [2.24, 2.45) is 0 Å². The highest BCUT2D eigenvalue weighted by Crippen LogP contribution is 2.37. The summed E-state index contributed by atoms with van der Waals surface area (Å²) in [4.78, 5) is 3.31. The lowest BCUT2D eigenvalue weighted by Gasteiger charge is -2.10. The molecule has 0 aliphatic heterocycles. The minimum atomic E-state index is -4.74. The summed E-state index contributed by atoms with van der Waals surface area (Å²) >= 11 is 6.11. The SMILES string of the molecule is [C-]#[N+]c1cc(Cl)c2c(O)n(Cc3ccc(OC(F)(F)F)cc3)cc2c1. The Hall–Kier alpha value is -2.85. The van der Waals surface area contributed by atoms with Gasteiger partial charge in [0.05, 0.1) is 18.5 Å². The number of fused-ring (bicyclic) bond motifs is 1. The number of alkyl halides is 3. The first-order chi connectivity index (χ1) is 11.8. The predicted octanol–water partition coefficient (Wildman–Crippen LogP) is 5.50. The third kappa shape index (κ3) is 3.64. The van der Waals surface area contributed by atoms with Gasteiger partial charge in [0.1, 0.15) is 5.75 Å². The lowest BCUT2D eigenvalue weighted by Crippen LogP contribution is -2.17. The van der Waals surface area contributed by atoms with Crippen LogP contribution in [0.25, 0.3) is 15.6 Å². The summed E-state index contributed by atoms with van der Waals surface area (Å²) in [6, 6.07) is 8.41. The fraction of sp³-hybridized carbons (Fsp3) is 0.118. The van der Waals surface area contributed by atoms with Crippen LogP contribution in [0.4, 0.5) is 18.9 Å². The van der Waals surface area contributed by atoms with Crippen LogP contribution in [0.3, 0.4) is 0 Å². The Balaban J connectivity index is 1.89. The van der Waals surface area contributed by atoms with Crippen molar-refractivity contribution >= 4 is 28.1 Å². The fourth-order valence-corrected chi connectivity index (χ4v) is 2.81. The molecule has 0 atom stereocenters. The van der Waals surface area contributed by atoms with Crippen LogP contribution in [0, 0.1) is 6.57 Å². The highest BCUT2D eigenvalue weighted by Gasteiger charge is 2.30. The maximum atomic E-state index is 12.2. The number of nitrogens with zero attached hydrogens (tertiary/aromatic N) is 2. The Morgan fingerprint density at radius 3 is 2.48 bits per heavy atom. The van der Waals surface area contributed by atoms with E-state index in [-0.39, 0.29) is 23.2 Å². The first-order valence-electron chi connectivity index (χ1n) is 7.00. The second-order valence-corrected chi connectivity index (χ2v) is 5.68. The zero-order valence-electron chi connectivity index (χ0n) is 12.5. The third-order valence-electron chi connectivity index (χ3n) is 3.54. The second-order valence-electron chi connectivity index (χ2n) is 5.28. The van der Waals surface area contributed by atoms with E-state index in [0.717, 1.165) is 0 Å². The summed E-state index contributed by atoms with van der Waals surface area (Å²) in [7, 11) is 0. The number of hydrogen-bond donors (Lipinski definition) is 1.